The first-order valence-electron chi connectivity index (χ1n) is 5.38. The zero-order chi connectivity index (χ0) is 11.0. The summed E-state index contributed by atoms with van der Waals surface area (Å²) < 4.78 is 0. The Morgan fingerprint density at radius 1 is 1.21 bits per heavy atom. The zero-order valence-electron chi connectivity index (χ0n) is 10.4. The molecule has 0 aromatic heterocycles. The van der Waals surface area contributed by atoms with Crippen molar-refractivity contribution >= 4 is 11.8 Å². The molecule has 0 aromatic rings. The highest BCUT2D eigenvalue weighted by molar-refractivity contribution is 7.98. The molecule has 0 saturated heterocycles. The van der Waals surface area contributed by atoms with Crippen molar-refractivity contribution in [2.24, 2.45) is 0 Å². The quantitative estimate of drug-likeness (QED) is 0.628. The molecule has 0 atom stereocenters. The second kappa shape index (κ2) is 7.55. The molecule has 0 aliphatic heterocycles. The molecule has 0 heterocycles. The molecule has 86 valence electrons. The molecule has 14 heavy (non-hydrogen) atoms. The van der Waals surface area contributed by atoms with E-state index in [2.05, 4.69) is 44.4 Å². The van der Waals surface area contributed by atoms with Crippen LogP contribution in [-0.2, 0) is 0 Å². The molecule has 0 aliphatic carbocycles. The van der Waals surface area contributed by atoms with E-state index in [0.717, 1.165) is 13.1 Å². The molecular formula is C11H26N2S. The number of hydrogen-bond donors (Lipinski definition) is 1. The van der Waals surface area contributed by atoms with Crippen molar-refractivity contribution in [1.82, 2.24) is 10.2 Å². The molecule has 0 rings (SSSR count). The number of nitrogens with one attached hydrogen (secondary N) is 1. The summed E-state index contributed by atoms with van der Waals surface area (Å²) in [5, 5.41) is 3.51. The highest BCUT2D eigenvalue weighted by Crippen LogP contribution is 2.07. The Labute approximate surface area is 93.8 Å². The van der Waals surface area contributed by atoms with Gasteiger partial charge in [0.2, 0.25) is 0 Å². The molecule has 0 aliphatic rings. The van der Waals surface area contributed by atoms with Gasteiger partial charge in [-0.15, -0.1) is 0 Å². The summed E-state index contributed by atoms with van der Waals surface area (Å²) >= 11 is 1.93. The number of rotatable bonds is 8. The summed E-state index contributed by atoms with van der Waals surface area (Å²) in [5.74, 6) is 1.29. The number of unbranched alkanes of at least 4 members (excludes halogenated alkanes) is 1. The van der Waals surface area contributed by atoms with Crippen molar-refractivity contribution in [3.63, 3.8) is 0 Å². The molecule has 0 fully saturated rings. The van der Waals surface area contributed by atoms with Crippen LogP contribution in [0.1, 0.15) is 26.7 Å². The standard InChI is InChI=1S/C11H26N2S/c1-11(2,13(3)4)10-12-8-6-7-9-14-5/h12H,6-10H2,1-5H3. The largest absolute Gasteiger partial charge is 0.315 e. The highest BCUT2D eigenvalue weighted by Gasteiger charge is 2.18. The van der Waals surface area contributed by atoms with Gasteiger partial charge in [-0.1, -0.05) is 0 Å². The molecule has 0 spiro atoms. The van der Waals surface area contributed by atoms with E-state index in [1.807, 2.05) is 11.8 Å². The van der Waals surface area contributed by atoms with Crippen LogP contribution in [-0.4, -0.2) is 49.6 Å². The maximum atomic E-state index is 3.51. The van der Waals surface area contributed by atoms with Gasteiger partial charge in [0.25, 0.3) is 0 Å². The SMILES string of the molecule is CSCCCCNCC(C)(C)N(C)C. The van der Waals surface area contributed by atoms with Crippen molar-refractivity contribution in [1.29, 1.82) is 0 Å². The van der Waals surface area contributed by atoms with E-state index in [4.69, 9.17) is 0 Å². The molecule has 0 saturated carbocycles. The van der Waals surface area contributed by atoms with Crippen LogP contribution >= 0.6 is 11.8 Å². The summed E-state index contributed by atoms with van der Waals surface area (Å²) in [7, 11) is 4.27. The van der Waals surface area contributed by atoms with Crippen LogP contribution in [0.15, 0.2) is 0 Å². The minimum absolute atomic E-state index is 0.263. The van der Waals surface area contributed by atoms with Crippen LogP contribution < -0.4 is 5.32 Å². The van der Waals surface area contributed by atoms with Gasteiger partial charge in [-0.3, -0.25) is 0 Å². The van der Waals surface area contributed by atoms with Gasteiger partial charge in [0.15, 0.2) is 0 Å². The fourth-order valence-electron chi connectivity index (χ4n) is 1.05. The second-order valence-electron chi connectivity index (χ2n) is 4.58. The monoisotopic (exact) mass is 218 g/mol. The molecule has 0 radical (unpaired) electrons. The van der Waals surface area contributed by atoms with Gasteiger partial charge in [-0.25, -0.2) is 0 Å². The van der Waals surface area contributed by atoms with Gasteiger partial charge in [0.05, 0.1) is 0 Å². The van der Waals surface area contributed by atoms with Gasteiger partial charge >= 0.3 is 0 Å². The van der Waals surface area contributed by atoms with Crippen LogP contribution in [0.2, 0.25) is 0 Å². The molecule has 0 unspecified atom stereocenters. The maximum absolute atomic E-state index is 3.51. The predicted octanol–water partition coefficient (Wildman–Crippen LogP) is 2.06. The average molecular weight is 218 g/mol. The minimum atomic E-state index is 0.263. The Morgan fingerprint density at radius 3 is 2.36 bits per heavy atom. The van der Waals surface area contributed by atoms with E-state index in [1.165, 1.54) is 18.6 Å². The molecule has 0 amide bonds. The third-order valence-corrected chi connectivity index (χ3v) is 3.42. The van der Waals surface area contributed by atoms with E-state index in [9.17, 15) is 0 Å². The molecule has 2 nitrogen and oxygen atoms in total. The summed E-state index contributed by atoms with van der Waals surface area (Å²) in [6.45, 7) is 6.75. The van der Waals surface area contributed by atoms with Crippen LogP contribution in [0.5, 0.6) is 0 Å². The van der Waals surface area contributed by atoms with Gasteiger partial charge in [-0.05, 0) is 59.3 Å². The first-order valence-corrected chi connectivity index (χ1v) is 6.77. The topological polar surface area (TPSA) is 15.3 Å². The average Bonchev–Trinajstić information content (AvgIpc) is 2.10. The lowest BCUT2D eigenvalue weighted by atomic mass is 10.0. The van der Waals surface area contributed by atoms with Gasteiger partial charge in [-0.2, -0.15) is 11.8 Å². The van der Waals surface area contributed by atoms with Crippen LogP contribution in [0.3, 0.4) is 0 Å². The Balaban J connectivity index is 3.35. The van der Waals surface area contributed by atoms with Crippen molar-refractivity contribution in [3.8, 4) is 0 Å². The minimum Gasteiger partial charge on any atom is -0.315 e. The fraction of sp³-hybridized carbons (Fsp3) is 1.00. The van der Waals surface area contributed by atoms with E-state index in [1.54, 1.807) is 0 Å². The lowest BCUT2D eigenvalue weighted by Crippen LogP contribution is -2.46. The normalized spacial score (nSPS) is 12.4. The van der Waals surface area contributed by atoms with Crippen molar-refractivity contribution in [2.75, 3.05) is 39.2 Å². The van der Waals surface area contributed by atoms with E-state index in [0.29, 0.717) is 0 Å². The summed E-state index contributed by atoms with van der Waals surface area (Å²) in [6, 6.07) is 0. The third-order valence-electron chi connectivity index (χ3n) is 2.72. The lowest BCUT2D eigenvalue weighted by molar-refractivity contribution is 0.190. The summed E-state index contributed by atoms with van der Waals surface area (Å²) in [6.07, 6.45) is 4.80. The predicted molar refractivity (Wildman–Crippen MR) is 68.3 cm³/mol. The van der Waals surface area contributed by atoms with Crippen LogP contribution in [0.4, 0.5) is 0 Å². The van der Waals surface area contributed by atoms with Gasteiger partial charge in [0, 0.05) is 12.1 Å². The van der Waals surface area contributed by atoms with E-state index >= 15 is 0 Å². The van der Waals surface area contributed by atoms with Crippen molar-refractivity contribution in [3.05, 3.63) is 0 Å². The van der Waals surface area contributed by atoms with Crippen LogP contribution in [0, 0.1) is 0 Å². The van der Waals surface area contributed by atoms with Gasteiger partial charge in [0.1, 0.15) is 0 Å². The summed E-state index contributed by atoms with van der Waals surface area (Å²) in [5.41, 5.74) is 0.263. The van der Waals surface area contributed by atoms with Crippen molar-refractivity contribution < 1.29 is 0 Å². The second-order valence-corrected chi connectivity index (χ2v) is 5.57. The molecule has 0 aromatic carbocycles. The van der Waals surface area contributed by atoms with Crippen LogP contribution in [0.25, 0.3) is 0 Å². The molecular weight excluding hydrogens is 192 g/mol. The third kappa shape index (κ3) is 6.68. The molecule has 3 heteroatoms. The van der Waals surface area contributed by atoms with Crippen molar-refractivity contribution in [2.45, 2.75) is 32.2 Å². The van der Waals surface area contributed by atoms with Gasteiger partial charge < -0.3 is 10.2 Å². The Morgan fingerprint density at radius 2 is 1.86 bits per heavy atom. The Bertz CT molecular complexity index is 135. The number of hydrogen-bond acceptors (Lipinski definition) is 3. The molecule has 0 bridgehead atoms. The van der Waals surface area contributed by atoms with E-state index < -0.39 is 0 Å². The molecule has 1 N–H and O–H groups in total. The van der Waals surface area contributed by atoms with E-state index in [-0.39, 0.29) is 5.54 Å². The smallest absolute Gasteiger partial charge is 0.0271 e. The lowest BCUT2D eigenvalue weighted by Gasteiger charge is -2.32. The fourth-order valence-corrected chi connectivity index (χ4v) is 1.54. The Kier molecular flexibility index (Phi) is 7.69. The Hall–Kier alpha value is 0.270. The summed E-state index contributed by atoms with van der Waals surface area (Å²) in [4.78, 5) is 2.27. The first kappa shape index (κ1) is 14.3. The zero-order valence-corrected chi connectivity index (χ0v) is 11.2. The first-order chi connectivity index (χ1) is 6.50. The number of nitrogens with zero attached hydrogens (tertiary/aromatic N) is 1. The number of likely N-dealkylation sites (N-methyl/N-ethyl adjacent to an activating group) is 1. The number of thioether (sulfide) groups is 1. The maximum Gasteiger partial charge on any atom is 0.0271 e. The highest BCUT2D eigenvalue weighted by atomic mass is 32.2.